The normalized spacial score (nSPS) is 15.5. The average molecular weight is 325 g/mol. The van der Waals surface area contributed by atoms with Crippen LogP contribution in [0.2, 0.25) is 0 Å². The predicted octanol–water partition coefficient (Wildman–Crippen LogP) is 3.32. The van der Waals surface area contributed by atoms with Crippen molar-refractivity contribution < 1.29 is 19.1 Å². The molecule has 1 aliphatic heterocycles. The van der Waals surface area contributed by atoms with Gasteiger partial charge in [-0.3, -0.25) is 9.59 Å². The van der Waals surface area contributed by atoms with Gasteiger partial charge >= 0.3 is 0 Å². The van der Waals surface area contributed by atoms with Gasteiger partial charge in [0.2, 0.25) is 5.91 Å². The third-order valence-electron chi connectivity index (χ3n) is 3.82. The molecule has 0 saturated carbocycles. The Kier molecular flexibility index (Phi) is 4.01. The zero-order valence-electron chi connectivity index (χ0n) is 13.9. The van der Waals surface area contributed by atoms with Gasteiger partial charge < -0.3 is 9.47 Å². The van der Waals surface area contributed by atoms with Gasteiger partial charge in [-0.05, 0) is 31.5 Å². The maximum atomic E-state index is 12.5. The zero-order chi connectivity index (χ0) is 17.3. The van der Waals surface area contributed by atoms with Gasteiger partial charge in [-0.15, -0.1) is 0 Å². The topological polar surface area (TPSA) is 55.8 Å². The van der Waals surface area contributed by atoms with Crippen LogP contribution in [0.4, 0.5) is 5.69 Å². The van der Waals surface area contributed by atoms with Crippen LogP contribution in [0.5, 0.6) is 11.5 Å². The molecule has 0 bridgehead atoms. The second-order valence-corrected chi connectivity index (χ2v) is 6.18. The van der Waals surface area contributed by atoms with Crippen molar-refractivity contribution in [3.63, 3.8) is 0 Å². The summed E-state index contributed by atoms with van der Waals surface area (Å²) < 4.78 is 11.5. The maximum absolute atomic E-state index is 12.5. The Morgan fingerprint density at radius 1 is 1.17 bits per heavy atom. The quantitative estimate of drug-likeness (QED) is 0.869. The molecule has 1 aliphatic rings. The van der Waals surface area contributed by atoms with Gasteiger partial charge in [0, 0.05) is 13.0 Å². The number of anilines is 1. The molecule has 0 saturated heterocycles. The van der Waals surface area contributed by atoms with Crippen LogP contribution in [0.3, 0.4) is 0 Å². The molecule has 0 N–H and O–H groups in total. The number of carbonyl (C=O) groups is 2. The van der Waals surface area contributed by atoms with E-state index in [0.717, 1.165) is 10.5 Å². The highest BCUT2D eigenvalue weighted by atomic mass is 16.5. The lowest BCUT2D eigenvalue weighted by Crippen LogP contribution is -2.54. The van der Waals surface area contributed by atoms with Crippen LogP contribution < -0.4 is 14.4 Å². The minimum atomic E-state index is -1.08. The first-order chi connectivity index (χ1) is 11.4. The van der Waals surface area contributed by atoms with E-state index < -0.39 is 5.60 Å². The standard InChI is InChI=1S/C19H19NO4/c1-13(21)20-16-11-15(23-12-14-7-5-4-6-8-14)9-10-17(16)24-19(2,3)18(20)22/h4-11H,12H2,1-3H3. The van der Waals surface area contributed by atoms with Crippen LogP contribution in [0, 0.1) is 0 Å². The van der Waals surface area contributed by atoms with Gasteiger partial charge in [0.25, 0.3) is 5.91 Å². The van der Waals surface area contributed by atoms with Crippen molar-refractivity contribution in [1.29, 1.82) is 0 Å². The first-order valence-electron chi connectivity index (χ1n) is 7.73. The van der Waals surface area contributed by atoms with E-state index in [0.29, 0.717) is 23.8 Å². The highest BCUT2D eigenvalue weighted by Gasteiger charge is 2.42. The SMILES string of the molecule is CC(=O)N1C(=O)C(C)(C)Oc2ccc(OCc3ccccc3)cc21. The molecule has 2 amide bonds. The monoisotopic (exact) mass is 325 g/mol. The number of benzene rings is 2. The molecule has 2 aromatic carbocycles. The third kappa shape index (κ3) is 2.97. The molecule has 5 heteroatoms. The van der Waals surface area contributed by atoms with Crippen LogP contribution in [-0.4, -0.2) is 17.4 Å². The number of carbonyl (C=O) groups excluding carboxylic acids is 2. The van der Waals surface area contributed by atoms with Crippen molar-refractivity contribution in [2.45, 2.75) is 33.0 Å². The minimum Gasteiger partial charge on any atom is -0.489 e. The van der Waals surface area contributed by atoms with Crippen LogP contribution in [0.15, 0.2) is 48.5 Å². The molecule has 0 atom stereocenters. The van der Waals surface area contributed by atoms with E-state index in [9.17, 15) is 9.59 Å². The van der Waals surface area contributed by atoms with Crippen molar-refractivity contribution in [1.82, 2.24) is 0 Å². The van der Waals surface area contributed by atoms with E-state index in [1.54, 1.807) is 32.0 Å². The van der Waals surface area contributed by atoms with Crippen LogP contribution in [0.1, 0.15) is 26.3 Å². The Bertz CT molecular complexity index is 783. The summed E-state index contributed by atoms with van der Waals surface area (Å²) in [5.74, 6) is 0.322. The summed E-state index contributed by atoms with van der Waals surface area (Å²) in [6.07, 6.45) is 0. The number of rotatable bonds is 3. The number of nitrogens with zero attached hydrogens (tertiary/aromatic N) is 1. The Labute approximate surface area is 140 Å². The highest BCUT2D eigenvalue weighted by Crippen LogP contribution is 2.40. The first kappa shape index (κ1) is 16.1. The smallest absolute Gasteiger partial charge is 0.277 e. The second kappa shape index (κ2) is 6.00. The molecule has 0 fully saturated rings. The van der Waals surface area contributed by atoms with E-state index in [4.69, 9.17) is 9.47 Å². The Morgan fingerprint density at radius 3 is 2.54 bits per heavy atom. The second-order valence-electron chi connectivity index (χ2n) is 6.18. The lowest BCUT2D eigenvalue weighted by atomic mass is 10.0. The number of hydrogen-bond donors (Lipinski definition) is 0. The molecule has 3 rings (SSSR count). The first-order valence-corrected chi connectivity index (χ1v) is 7.73. The number of fused-ring (bicyclic) bond motifs is 1. The van der Waals surface area contributed by atoms with Crippen LogP contribution in [-0.2, 0) is 16.2 Å². The van der Waals surface area contributed by atoms with Crippen LogP contribution in [0.25, 0.3) is 0 Å². The van der Waals surface area contributed by atoms with Crippen molar-refractivity contribution in [3.05, 3.63) is 54.1 Å². The molecular weight excluding hydrogens is 306 g/mol. The van der Waals surface area contributed by atoms with Gasteiger partial charge in [0.1, 0.15) is 18.1 Å². The zero-order valence-corrected chi connectivity index (χ0v) is 13.9. The van der Waals surface area contributed by atoms with Crippen molar-refractivity contribution in [2.24, 2.45) is 0 Å². The van der Waals surface area contributed by atoms with Gasteiger partial charge in [0.05, 0.1) is 5.69 Å². The predicted molar refractivity (Wildman–Crippen MR) is 90.1 cm³/mol. The van der Waals surface area contributed by atoms with Crippen molar-refractivity contribution in [3.8, 4) is 11.5 Å². The largest absolute Gasteiger partial charge is 0.489 e. The summed E-state index contributed by atoms with van der Waals surface area (Å²) in [4.78, 5) is 25.6. The van der Waals surface area contributed by atoms with Gasteiger partial charge in [-0.25, -0.2) is 4.90 Å². The molecule has 0 spiro atoms. The van der Waals surface area contributed by atoms with E-state index in [1.807, 2.05) is 30.3 Å². The summed E-state index contributed by atoms with van der Waals surface area (Å²) >= 11 is 0. The number of ether oxygens (including phenoxy) is 2. The fourth-order valence-corrected chi connectivity index (χ4v) is 2.60. The minimum absolute atomic E-state index is 0.349. The molecule has 1 heterocycles. The van der Waals surface area contributed by atoms with Gasteiger partial charge in [0.15, 0.2) is 5.60 Å². The Hall–Kier alpha value is -2.82. The summed E-state index contributed by atoms with van der Waals surface area (Å²) in [7, 11) is 0. The molecule has 5 nitrogen and oxygen atoms in total. The van der Waals surface area contributed by atoms with Gasteiger partial charge in [-0.2, -0.15) is 0 Å². The van der Waals surface area contributed by atoms with E-state index in [1.165, 1.54) is 6.92 Å². The number of amides is 2. The Balaban J connectivity index is 1.89. The Morgan fingerprint density at radius 2 is 1.88 bits per heavy atom. The van der Waals surface area contributed by atoms with E-state index in [2.05, 4.69) is 0 Å². The fourth-order valence-electron chi connectivity index (χ4n) is 2.60. The summed E-state index contributed by atoms with van der Waals surface area (Å²) in [5.41, 5.74) is 0.370. The van der Waals surface area contributed by atoms with Crippen molar-refractivity contribution >= 4 is 17.5 Å². The fraction of sp³-hybridized carbons (Fsp3) is 0.263. The maximum Gasteiger partial charge on any atom is 0.277 e. The van der Waals surface area contributed by atoms with E-state index in [-0.39, 0.29) is 11.8 Å². The molecule has 0 unspecified atom stereocenters. The molecule has 0 radical (unpaired) electrons. The average Bonchev–Trinajstić information content (AvgIpc) is 2.54. The highest BCUT2D eigenvalue weighted by molar-refractivity contribution is 6.18. The summed E-state index contributed by atoms with van der Waals surface area (Å²) in [6.45, 7) is 5.06. The van der Waals surface area contributed by atoms with E-state index >= 15 is 0 Å². The lowest BCUT2D eigenvalue weighted by molar-refractivity contribution is -0.136. The molecule has 2 aromatic rings. The molecule has 0 aromatic heterocycles. The summed E-state index contributed by atoms with van der Waals surface area (Å²) in [6, 6.07) is 14.9. The molecule has 124 valence electrons. The van der Waals surface area contributed by atoms with Gasteiger partial charge in [-0.1, -0.05) is 30.3 Å². The lowest BCUT2D eigenvalue weighted by Gasteiger charge is -2.37. The van der Waals surface area contributed by atoms with Crippen molar-refractivity contribution in [2.75, 3.05) is 4.90 Å². The number of hydrogen-bond acceptors (Lipinski definition) is 4. The van der Waals surface area contributed by atoms with Crippen LogP contribution >= 0.6 is 0 Å². The summed E-state index contributed by atoms with van der Waals surface area (Å²) in [5, 5.41) is 0. The molecular formula is C19H19NO4. The molecule has 0 aliphatic carbocycles. The number of imide groups is 1. The third-order valence-corrected chi connectivity index (χ3v) is 3.82. The molecule has 24 heavy (non-hydrogen) atoms.